The van der Waals surface area contributed by atoms with Gasteiger partial charge in [0.1, 0.15) is 11.6 Å². The zero-order valence-electron chi connectivity index (χ0n) is 9.83. The molecular weight excluding hydrogens is 236 g/mol. The number of nitrogens with one attached hydrogen (secondary N) is 1. The summed E-state index contributed by atoms with van der Waals surface area (Å²) in [7, 11) is 1.73. The van der Waals surface area contributed by atoms with Crippen molar-refractivity contribution >= 4 is 11.7 Å². The van der Waals surface area contributed by atoms with Crippen LogP contribution in [0.1, 0.15) is 12.0 Å². The van der Waals surface area contributed by atoms with E-state index in [-0.39, 0.29) is 6.42 Å². The number of carbonyl (C=O) groups is 1. The summed E-state index contributed by atoms with van der Waals surface area (Å²) in [6.45, 7) is 0. The minimum absolute atomic E-state index is 0.0951. The Labute approximate surface area is 104 Å². The van der Waals surface area contributed by atoms with Crippen LogP contribution in [0.15, 0.2) is 24.3 Å². The summed E-state index contributed by atoms with van der Waals surface area (Å²) in [5.41, 5.74) is 0.149. The van der Waals surface area contributed by atoms with E-state index in [9.17, 15) is 9.90 Å². The predicted molar refractivity (Wildman–Crippen MR) is 62.8 cm³/mol. The summed E-state index contributed by atoms with van der Waals surface area (Å²) in [5.74, 6) is -0.985. The molecule has 0 bridgehead atoms. The van der Waals surface area contributed by atoms with Crippen molar-refractivity contribution in [2.75, 3.05) is 12.1 Å². The van der Waals surface area contributed by atoms with Crippen LogP contribution in [0.25, 0.3) is 0 Å². The van der Waals surface area contributed by atoms with Crippen molar-refractivity contribution in [3.8, 4) is 0 Å². The first kappa shape index (κ1) is 11.5. The topological polar surface area (TPSA) is 82.0 Å². The van der Waals surface area contributed by atoms with Gasteiger partial charge in [-0.3, -0.25) is 20.0 Å². The molecule has 96 valence electrons. The highest BCUT2D eigenvalue weighted by molar-refractivity contribution is 5.75. The Morgan fingerprint density at radius 2 is 2.28 bits per heavy atom. The number of nitrogens with zero attached hydrogens (tertiary/aromatic N) is 1. The largest absolute Gasteiger partial charge is 0.480 e. The first-order valence-electron chi connectivity index (χ1n) is 5.73. The molecule has 0 radical (unpaired) electrons. The average molecular weight is 250 g/mol. The minimum Gasteiger partial charge on any atom is -0.480 e. The van der Waals surface area contributed by atoms with Crippen LogP contribution in [0, 0.1) is 0 Å². The number of fused-ring (bicyclic) bond motifs is 3. The summed E-state index contributed by atoms with van der Waals surface area (Å²) in [6.07, 6.45) is -0.642. The molecule has 0 aliphatic carbocycles. The maximum atomic E-state index is 11.0. The summed E-state index contributed by atoms with van der Waals surface area (Å²) in [5, 5.41) is 24.1. The molecule has 3 unspecified atom stereocenters. The van der Waals surface area contributed by atoms with Gasteiger partial charge in [0.05, 0.1) is 5.69 Å². The van der Waals surface area contributed by atoms with Crippen LogP contribution < -0.4 is 10.4 Å². The third kappa shape index (κ3) is 1.43. The van der Waals surface area contributed by atoms with Crippen molar-refractivity contribution < 1.29 is 19.8 Å². The third-order valence-electron chi connectivity index (χ3n) is 3.57. The molecule has 1 saturated heterocycles. The Morgan fingerprint density at radius 1 is 1.56 bits per heavy atom. The fraction of sp³-hybridized carbons (Fsp3) is 0.417. The van der Waals surface area contributed by atoms with E-state index in [1.807, 2.05) is 18.2 Å². The molecule has 6 nitrogen and oxygen atoms in total. The SMILES string of the molecule is CN1OC2NC(C(=O)O)CC2(O)c2ccccc21. The number of para-hydroxylation sites is 1. The van der Waals surface area contributed by atoms with E-state index in [2.05, 4.69) is 5.32 Å². The lowest BCUT2D eigenvalue weighted by Gasteiger charge is -2.40. The Bertz CT molecular complexity index is 507. The summed E-state index contributed by atoms with van der Waals surface area (Å²) >= 11 is 0. The molecule has 1 fully saturated rings. The number of anilines is 1. The van der Waals surface area contributed by atoms with Crippen LogP contribution >= 0.6 is 0 Å². The Morgan fingerprint density at radius 3 is 3.00 bits per heavy atom. The number of hydroxylamine groups is 1. The molecule has 6 heteroatoms. The van der Waals surface area contributed by atoms with Crippen LogP contribution in [-0.4, -0.2) is 35.5 Å². The van der Waals surface area contributed by atoms with Crippen molar-refractivity contribution in [2.24, 2.45) is 0 Å². The molecule has 2 aliphatic rings. The van der Waals surface area contributed by atoms with Crippen LogP contribution in [0.4, 0.5) is 5.69 Å². The molecule has 1 aromatic rings. The van der Waals surface area contributed by atoms with Crippen LogP contribution in [0.5, 0.6) is 0 Å². The number of carboxylic acid groups (broad SMARTS) is 1. The molecule has 2 heterocycles. The first-order chi connectivity index (χ1) is 8.52. The van der Waals surface area contributed by atoms with Crippen molar-refractivity contribution in [2.45, 2.75) is 24.3 Å². The average Bonchev–Trinajstić information content (AvgIpc) is 2.69. The lowest BCUT2D eigenvalue weighted by Crippen LogP contribution is -2.51. The van der Waals surface area contributed by atoms with Crippen molar-refractivity contribution in [3.05, 3.63) is 29.8 Å². The number of rotatable bonds is 1. The molecule has 0 aromatic heterocycles. The number of aliphatic hydroxyl groups is 1. The van der Waals surface area contributed by atoms with Gasteiger partial charge in [-0.25, -0.2) is 0 Å². The summed E-state index contributed by atoms with van der Waals surface area (Å²) < 4.78 is 0. The molecular formula is C12H14N2O4. The van der Waals surface area contributed by atoms with E-state index >= 15 is 0 Å². The van der Waals surface area contributed by atoms with Gasteiger partial charge in [0.15, 0.2) is 6.23 Å². The van der Waals surface area contributed by atoms with Crippen LogP contribution in [0.2, 0.25) is 0 Å². The Kier molecular flexibility index (Phi) is 2.34. The van der Waals surface area contributed by atoms with Gasteiger partial charge >= 0.3 is 5.97 Å². The number of carboxylic acids is 1. The molecule has 18 heavy (non-hydrogen) atoms. The lowest BCUT2D eigenvalue weighted by atomic mass is 9.87. The number of benzene rings is 1. The molecule has 3 atom stereocenters. The second-order valence-electron chi connectivity index (χ2n) is 4.69. The zero-order chi connectivity index (χ0) is 12.9. The van der Waals surface area contributed by atoms with Gasteiger partial charge in [-0.05, 0) is 6.07 Å². The van der Waals surface area contributed by atoms with Gasteiger partial charge in [0, 0.05) is 19.0 Å². The van der Waals surface area contributed by atoms with Crippen LogP contribution in [-0.2, 0) is 15.2 Å². The first-order valence-corrected chi connectivity index (χ1v) is 5.73. The molecule has 0 saturated carbocycles. The van der Waals surface area contributed by atoms with Crippen LogP contribution in [0.3, 0.4) is 0 Å². The second kappa shape index (κ2) is 3.68. The third-order valence-corrected chi connectivity index (χ3v) is 3.57. The maximum absolute atomic E-state index is 11.0. The van der Waals surface area contributed by atoms with Gasteiger partial charge in [-0.1, -0.05) is 18.2 Å². The quantitative estimate of drug-likeness (QED) is 0.652. The maximum Gasteiger partial charge on any atom is 0.320 e. The predicted octanol–water partition coefficient (Wildman–Crippen LogP) is 0.0282. The fourth-order valence-corrected chi connectivity index (χ4v) is 2.65. The monoisotopic (exact) mass is 250 g/mol. The fourth-order valence-electron chi connectivity index (χ4n) is 2.65. The summed E-state index contributed by atoms with van der Waals surface area (Å²) in [6, 6.07) is 6.49. The van der Waals surface area contributed by atoms with Gasteiger partial charge in [0.25, 0.3) is 0 Å². The van der Waals surface area contributed by atoms with Gasteiger partial charge < -0.3 is 10.2 Å². The smallest absolute Gasteiger partial charge is 0.320 e. The van der Waals surface area contributed by atoms with E-state index in [4.69, 9.17) is 9.94 Å². The zero-order valence-corrected chi connectivity index (χ0v) is 9.83. The Hall–Kier alpha value is -1.63. The van der Waals surface area contributed by atoms with E-state index in [0.717, 1.165) is 5.69 Å². The number of aliphatic carboxylic acids is 1. The highest BCUT2D eigenvalue weighted by Gasteiger charge is 2.54. The number of hydrogen-bond acceptors (Lipinski definition) is 5. The van der Waals surface area contributed by atoms with E-state index in [1.54, 1.807) is 18.2 Å². The Balaban J connectivity index is 2.07. The van der Waals surface area contributed by atoms with Gasteiger partial charge in [-0.15, -0.1) is 0 Å². The summed E-state index contributed by atoms with van der Waals surface area (Å²) in [4.78, 5) is 16.6. The minimum atomic E-state index is -1.30. The van der Waals surface area contributed by atoms with Gasteiger partial charge in [-0.2, -0.15) is 0 Å². The number of hydrogen-bond donors (Lipinski definition) is 3. The molecule has 3 N–H and O–H groups in total. The molecule has 2 aliphatic heterocycles. The van der Waals surface area contributed by atoms with Crippen molar-refractivity contribution in [1.29, 1.82) is 0 Å². The standard InChI is InChI=1S/C12H14N2O4/c1-14-9-5-3-2-4-7(9)12(17)6-8(10(15)16)13-11(12)18-14/h2-5,8,11,13,17H,6H2,1H3,(H,15,16). The molecule has 1 aromatic carbocycles. The van der Waals surface area contributed by atoms with Crippen molar-refractivity contribution in [3.63, 3.8) is 0 Å². The lowest BCUT2D eigenvalue weighted by molar-refractivity contribution is -0.139. The van der Waals surface area contributed by atoms with E-state index < -0.39 is 23.8 Å². The normalized spacial score (nSPS) is 34.0. The second-order valence-corrected chi connectivity index (χ2v) is 4.69. The van der Waals surface area contributed by atoms with E-state index in [1.165, 1.54) is 0 Å². The molecule has 0 spiro atoms. The highest BCUT2D eigenvalue weighted by atomic mass is 16.7. The highest BCUT2D eigenvalue weighted by Crippen LogP contribution is 2.44. The molecule has 3 rings (SSSR count). The van der Waals surface area contributed by atoms with Crippen molar-refractivity contribution in [1.82, 2.24) is 5.32 Å². The molecule has 0 amide bonds. The van der Waals surface area contributed by atoms with Gasteiger partial charge in [0.2, 0.25) is 0 Å². The van der Waals surface area contributed by atoms with E-state index in [0.29, 0.717) is 5.56 Å².